The van der Waals surface area contributed by atoms with Gasteiger partial charge in [0.2, 0.25) is 0 Å². The van der Waals surface area contributed by atoms with Gasteiger partial charge in [-0.05, 0) is 26.8 Å². The van der Waals surface area contributed by atoms with E-state index in [1.165, 1.54) is 0 Å². The van der Waals surface area contributed by atoms with Gasteiger partial charge < -0.3 is 14.8 Å². The lowest BCUT2D eigenvalue weighted by Crippen LogP contribution is -2.39. The van der Waals surface area contributed by atoms with Crippen LogP contribution in [0.15, 0.2) is 10.5 Å². The van der Waals surface area contributed by atoms with Crippen molar-refractivity contribution in [1.29, 1.82) is 0 Å². The Hall–Kier alpha value is -1.01. The SMILES string of the molecule is Cc1cc(C(C)NCC(O)C(F)(F)F)c(C)o1. The summed E-state index contributed by atoms with van der Waals surface area (Å²) in [5.74, 6) is 1.38. The predicted molar refractivity (Wildman–Crippen MR) is 56.7 cm³/mol. The molecule has 1 aromatic rings. The second-order valence-electron chi connectivity index (χ2n) is 4.06. The van der Waals surface area contributed by atoms with Gasteiger partial charge in [-0.3, -0.25) is 0 Å². The number of aliphatic hydroxyl groups excluding tert-OH is 1. The molecule has 2 atom stereocenters. The standard InChI is InChI=1S/C11H16F3NO2/c1-6-4-9(8(3)17-6)7(2)15-5-10(16)11(12,13)14/h4,7,10,15-16H,5H2,1-3H3. The molecule has 2 unspecified atom stereocenters. The Morgan fingerprint density at radius 1 is 1.41 bits per heavy atom. The fraction of sp³-hybridized carbons (Fsp3) is 0.636. The Morgan fingerprint density at radius 3 is 2.41 bits per heavy atom. The van der Waals surface area contributed by atoms with Gasteiger partial charge in [0.25, 0.3) is 0 Å². The molecule has 2 N–H and O–H groups in total. The summed E-state index contributed by atoms with van der Waals surface area (Å²) in [6, 6.07) is 1.47. The lowest BCUT2D eigenvalue weighted by molar-refractivity contribution is -0.202. The summed E-state index contributed by atoms with van der Waals surface area (Å²) in [5, 5.41) is 11.5. The van der Waals surface area contributed by atoms with Crippen LogP contribution in [0.5, 0.6) is 0 Å². The minimum absolute atomic E-state index is 0.301. The molecule has 17 heavy (non-hydrogen) atoms. The molecule has 0 fully saturated rings. The van der Waals surface area contributed by atoms with Gasteiger partial charge in [0.1, 0.15) is 11.5 Å². The van der Waals surface area contributed by atoms with Crippen molar-refractivity contribution in [3.05, 3.63) is 23.2 Å². The quantitative estimate of drug-likeness (QED) is 0.864. The highest BCUT2D eigenvalue weighted by Crippen LogP contribution is 2.23. The molecule has 0 spiro atoms. The highest BCUT2D eigenvalue weighted by Gasteiger charge is 2.38. The first kappa shape index (κ1) is 14.1. The first-order valence-corrected chi connectivity index (χ1v) is 5.27. The van der Waals surface area contributed by atoms with Gasteiger partial charge in [0.15, 0.2) is 6.10 Å². The van der Waals surface area contributed by atoms with E-state index in [1.807, 2.05) is 0 Å². The molecule has 1 aromatic heterocycles. The zero-order chi connectivity index (χ0) is 13.2. The third kappa shape index (κ3) is 3.74. The zero-order valence-corrected chi connectivity index (χ0v) is 9.93. The number of hydrogen-bond donors (Lipinski definition) is 2. The number of aliphatic hydroxyl groups is 1. The third-order valence-corrected chi connectivity index (χ3v) is 2.54. The van der Waals surface area contributed by atoms with Gasteiger partial charge in [-0.15, -0.1) is 0 Å². The number of nitrogens with one attached hydrogen (secondary N) is 1. The van der Waals surface area contributed by atoms with Crippen molar-refractivity contribution >= 4 is 0 Å². The van der Waals surface area contributed by atoms with Crippen LogP contribution in [0.25, 0.3) is 0 Å². The Morgan fingerprint density at radius 2 is 2.00 bits per heavy atom. The van der Waals surface area contributed by atoms with E-state index in [2.05, 4.69) is 5.32 Å². The molecule has 0 aliphatic rings. The smallest absolute Gasteiger partial charge is 0.415 e. The van der Waals surface area contributed by atoms with Crippen LogP contribution < -0.4 is 5.32 Å². The van der Waals surface area contributed by atoms with Crippen LogP contribution in [0.3, 0.4) is 0 Å². The van der Waals surface area contributed by atoms with Gasteiger partial charge in [-0.1, -0.05) is 0 Å². The van der Waals surface area contributed by atoms with E-state index in [9.17, 15) is 13.2 Å². The maximum absolute atomic E-state index is 12.1. The van der Waals surface area contributed by atoms with E-state index in [0.717, 1.165) is 5.56 Å². The van der Waals surface area contributed by atoms with E-state index < -0.39 is 18.8 Å². The first-order valence-electron chi connectivity index (χ1n) is 5.27. The summed E-state index contributed by atoms with van der Waals surface area (Å²) in [4.78, 5) is 0. The van der Waals surface area contributed by atoms with Crippen molar-refractivity contribution in [1.82, 2.24) is 5.32 Å². The number of furan rings is 1. The summed E-state index contributed by atoms with van der Waals surface area (Å²) in [6.45, 7) is 4.71. The van der Waals surface area contributed by atoms with Crippen molar-refractivity contribution in [3.63, 3.8) is 0 Å². The monoisotopic (exact) mass is 251 g/mol. The van der Waals surface area contributed by atoms with Crippen molar-refractivity contribution in [2.24, 2.45) is 0 Å². The summed E-state index contributed by atoms with van der Waals surface area (Å²) < 4.78 is 41.5. The summed E-state index contributed by atoms with van der Waals surface area (Å²) in [5.41, 5.74) is 0.803. The van der Waals surface area contributed by atoms with Crippen molar-refractivity contribution in [2.75, 3.05) is 6.54 Å². The van der Waals surface area contributed by atoms with Crippen LogP contribution in [-0.4, -0.2) is 23.9 Å². The van der Waals surface area contributed by atoms with Gasteiger partial charge in [0.05, 0.1) is 0 Å². The van der Waals surface area contributed by atoms with Gasteiger partial charge in [0, 0.05) is 18.2 Å². The van der Waals surface area contributed by atoms with Crippen molar-refractivity contribution in [2.45, 2.75) is 39.1 Å². The van der Waals surface area contributed by atoms with Gasteiger partial charge in [-0.2, -0.15) is 13.2 Å². The maximum Gasteiger partial charge on any atom is 0.415 e. The molecule has 0 bridgehead atoms. The van der Waals surface area contributed by atoms with Crippen LogP contribution in [0.2, 0.25) is 0 Å². The molecular weight excluding hydrogens is 235 g/mol. The number of rotatable bonds is 4. The van der Waals surface area contributed by atoms with Crippen LogP contribution in [0.1, 0.15) is 30.0 Å². The largest absolute Gasteiger partial charge is 0.466 e. The van der Waals surface area contributed by atoms with Crippen LogP contribution >= 0.6 is 0 Å². The van der Waals surface area contributed by atoms with Crippen molar-refractivity contribution < 1.29 is 22.7 Å². The molecule has 98 valence electrons. The molecule has 0 saturated heterocycles. The molecule has 0 amide bonds. The number of halogens is 3. The fourth-order valence-electron chi connectivity index (χ4n) is 1.59. The van der Waals surface area contributed by atoms with Gasteiger partial charge >= 0.3 is 6.18 Å². The Kier molecular flexibility index (Phi) is 4.21. The summed E-state index contributed by atoms with van der Waals surface area (Å²) in [7, 11) is 0. The highest BCUT2D eigenvalue weighted by molar-refractivity contribution is 5.23. The normalized spacial score (nSPS) is 15.9. The lowest BCUT2D eigenvalue weighted by Gasteiger charge is -2.18. The molecule has 0 aromatic carbocycles. The molecule has 3 nitrogen and oxygen atoms in total. The molecular formula is C11H16F3NO2. The Labute approximate surface area is 97.6 Å². The molecule has 0 aliphatic heterocycles. The average molecular weight is 251 g/mol. The third-order valence-electron chi connectivity index (χ3n) is 2.54. The molecule has 0 saturated carbocycles. The van der Waals surface area contributed by atoms with E-state index >= 15 is 0 Å². The summed E-state index contributed by atoms with van der Waals surface area (Å²) in [6.07, 6.45) is -6.94. The molecule has 1 heterocycles. The Bertz CT molecular complexity index is 373. The number of hydrogen-bond acceptors (Lipinski definition) is 3. The highest BCUT2D eigenvalue weighted by atomic mass is 19.4. The van der Waals surface area contributed by atoms with Crippen LogP contribution in [0, 0.1) is 13.8 Å². The first-order chi connectivity index (χ1) is 7.71. The summed E-state index contributed by atoms with van der Waals surface area (Å²) >= 11 is 0. The van der Waals surface area contributed by atoms with Gasteiger partial charge in [-0.25, -0.2) is 0 Å². The maximum atomic E-state index is 12.1. The van der Waals surface area contributed by atoms with E-state index in [1.54, 1.807) is 26.8 Å². The zero-order valence-electron chi connectivity index (χ0n) is 9.93. The van der Waals surface area contributed by atoms with Crippen molar-refractivity contribution in [3.8, 4) is 0 Å². The van der Waals surface area contributed by atoms with E-state index in [4.69, 9.17) is 9.52 Å². The van der Waals surface area contributed by atoms with Crippen LogP contribution in [0.4, 0.5) is 13.2 Å². The number of alkyl halides is 3. The number of aryl methyl sites for hydroxylation is 2. The average Bonchev–Trinajstić information content (AvgIpc) is 2.52. The van der Waals surface area contributed by atoms with E-state index in [0.29, 0.717) is 11.5 Å². The predicted octanol–water partition coefficient (Wildman–Crippen LogP) is 2.47. The lowest BCUT2D eigenvalue weighted by atomic mass is 10.1. The molecule has 6 heteroatoms. The molecule has 0 aliphatic carbocycles. The topological polar surface area (TPSA) is 45.4 Å². The molecule has 0 radical (unpaired) electrons. The second-order valence-corrected chi connectivity index (χ2v) is 4.06. The van der Waals surface area contributed by atoms with E-state index in [-0.39, 0.29) is 6.04 Å². The molecule has 1 rings (SSSR count). The Balaban J connectivity index is 2.56. The minimum Gasteiger partial charge on any atom is -0.466 e. The minimum atomic E-state index is -4.59. The van der Waals surface area contributed by atoms with Crippen LogP contribution in [-0.2, 0) is 0 Å². The fourth-order valence-corrected chi connectivity index (χ4v) is 1.59. The second kappa shape index (κ2) is 5.10.